The molecule has 4 heteroatoms. The van der Waals surface area contributed by atoms with Crippen molar-refractivity contribution >= 4 is 0 Å². The van der Waals surface area contributed by atoms with E-state index in [-0.39, 0.29) is 18.1 Å². The summed E-state index contributed by atoms with van der Waals surface area (Å²) >= 11 is 0. The van der Waals surface area contributed by atoms with Crippen molar-refractivity contribution in [2.45, 2.75) is 56.0 Å². The number of aliphatic hydroxyl groups is 3. The van der Waals surface area contributed by atoms with Crippen molar-refractivity contribution in [3.8, 4) is 0 Å². The molecule has 3 N–H and O–H groups in total. The third-order valence-electron chi connectivity index (χ3n) is 4.61. The van der Waals surface area contributed by atoms with Crippen molar-refractivity contribution in [3.63, 3.8) is 0 Å². The summed E-state index contributed by atoms with van der Waals surface area (Å²) in [4.78, 5) is 0. The lowest BCUT2D eigenvalue weighted by Crippen LogP contribution is -2.49. The first-order valence-electron chi connectivity index (χ1n) is 5.83. The molecule has 15 heavy (non-hydrogen) atoms. The van der Waals surface area contributed by atoms with Gasteiger partial charge in [-0.3, -0.25) is 0 Å². The molecule has 0 aromatic heterocycles. The molecule has 1 aliphatic heterocycles. The van der Waals surface area contributed by atoms with Crippen molar-refractivity contribution in [2.24, 2.45) is 5.41 Å². The van der Waals surface area contributed by atoms with E-state index < -0.39 is 17.8 Å². The third-order valence-corrected chi connectivity index (χ3v) is 4.61. The molecule has 0 aromatic rings. The van der Waals surface area contributed by atoms with E-state index in [2.05, 4.69) is 0 Å². The molecule has 0 radical (unpaired) electrons. The van der Waals surface area contributed by atoms with E-state index in [9.17, 15) is 15.3 Å². The fraction of sp³-hybridized carbons (Fsp3) is 1.00. The van der Waals surface area contributed by atoms with Gasteiger partial charge >= 0.3 is 0 Å². The maximum absolute atomic E-state index is 10.4. The normalized spacial score (nSPS) is 52.6. The zero-order valence-electron chi connectivity index (χ0n) is 8.72. The highest BCUT2D eigenvalue weighted by Crippen LogP contribution is 2.68. The van der Waals surface area contributed by atoms with Crippen LogP contribution in [0.25, 0.3) is 0 Å². The van der Waals surface area contributed by atoms with E-state index in [1.807, 2.05) is 0 Å². The molecule has 4 nitrogen and oxygen atoms in total. The molecular formula is C11H18O4. The molecular weight excluding hydrogens is 196 g/mol. The second-order valence-corrected chi connectivity index (χ2v) is 5.27. The first-order valence-corrected chi connectivity index (χ1v) is 5.83. The van der Waals surface area contributed by atoms with Crippen molar-refractivity contribution in [1.29, 1.82) is 0 Å². The van der Waals surface area contributed by atoms with E-state index in [1.165, 1.54) is 6.42 Å². The summed E-state index contributed by atoms with van der Waals surface area (Å²) in [5, 5.41) is 29.8. The fourth-order valence-corrected chi connectivity index (χ4v) is 3.72. The molecule has 2 saturated carbocycles. The Morgan fingerprint density at radius 1 is 1.07 bits per heavy atom. The number of rotatable bonds is 0. The predicted molar refractivity (Wildman–Crippen MR) is 52.2 cm³/mol. The molecule has 3 unspecified atom stereocenters. The Bertz CT molecular complexity index is 270. The lowest BCUT2D eigenvalue weighted by atomic mass is 9.81. The highest BCUT2D eigenvalue weighted by Gasteiger charge is 2.81. The Labute approximate surface area is 88.9 Å². The summed E-state index contributed by atoms with van der Waals surface area (Å²) in [7, 11) is 0. The molecule has 4 atom stereocenters. The molecule has 3 rings (SSSR count). The number of aliphatic hydroxyl groups excluding tert-OH is 2. The van der Waals surface area contributed by atoms with Gasteiger partial charge in [-0.2, -0.15) is 0 Å². The minimum absolute atomic E-state index is 0.149. The number of fused-ring (bicyclic) bond motifs is 3. The average molecular weight is 214 g/mol. The van der Waals surface area contributed by atoms with E-state index in [0.717, 1.165) is 25.7 Å². The maximum Gasteiger partial charge on any atom is 0.128 e. The van der Waals surface area contributed by atoms with Crippen LogP contribution in [0.1, 0.15) is 32.1 Å². The van der Waals surface area contributed by atoms with E-state index >= 15 is 0 Å². The van der Waals surface area contributed by atoms with E-state index in [1.54, 1.807) is 0 Å². The van der Waals surface area contributed by atoms with Crippen LogP contribution < -0.4 is 0 Å². The number of hydrogen-bond acceptors (Lipinski definition) is 4. The smallest absolute Gasteiger partial charge is 0.128 e. The maximum atomic E-state index is 10.4. The predicted octanol–water partition coefficient (Wildman–Crippen LogP) is -0.198. The largest absolute Gasteiger partial charge is 0.388 e. The second-order valence-electron chi connectivity index (χ2n) is 5.27. The van der Waals surface area contributed by atoms with Gasteiger partial charge in [-0.1, -0.05) is 19.3 Å². The molecule has 3 aliphatic rings. The van der Waals surface area contributed by atoms with Crippen LogP contribution in [0.15, 0.2) is 0 Å². The Hall–Kier alpha value is -0.160. The van der Waals surface area contributed by atoms with E-state index in [4.69, 9.17) is 4.74 Å². The minimum Gasteiger partial charge on any atom is -0.388 e. The standard InChI is InChI=1S/C11H18O4/c12-7-6-15-9-10(4-2-1-3-5-10)11(9,14)8(7)13/h7-9,12-14H,1-6H2/t7?,8?,9?,11-/m0/s1. The Morgan fingerprint density at radius 2 is 1.73 bits per heavy atom. The van der Waals surface area contributed by atoms with Gasteiger partial charge in [-0.15, -0.1) is 0 Å². The van der Waals surface area contributed by atoms with Gasteiger partial charge in [-0.05, 0) is 12.8 Å². The summed E-state index contributed by atoms with van der Waals surface area (Å²) in [5.74, 6) is 0. The van der Waals surface area contributed by atoms with Gasteiger partial charge in [0.1, 0.15) is 17.8 Å². The van der Waals surface area contributed by atoms with Crippen molar-refractivity contribution in [2.75, 3.05) is 6.61 Å². The third kappa shape index (κ3) is 1.01. The van der Waals surface area contributed by atoms with Gasteiger partial charge < -0.3 is 20.1 Å². The first-order chi connectivity index (χ1) is 7.13. The second kappa shape index (κ2) is 2.94. The Balaban J connectivity index is 1.89. The zero-order valence-corrected chi connectivity index (χ0v) is 8.72. The summed E-state index contributed by atoms with van der Waals surface area (Å²) < 4.78 is 5.47. The first kappa shape index (κ1) is 10.0. The molecule has 0 aromatic carbocycles. The molecule has 1 spiro atoms. The van der Waals surface area contributed by atoms with Crippen LogP contribution >= 0.6 is 0 Å². The average Bonchev–Trinajstić information content (AvgIpc) is 2.75. The van der Waals surface area contributed by atoms with Gasteiger partial charge in [0.15, 0.2) is 0 Å². The van der Waals surface area contributed by atoms with Gasteiger partial charge in [0.25, 0.3) is 0 Å². The van der Waals surface area contributed by atoms with Crippen LogP contribution in [-0.2, 0) is 4.74 Å². The Kier molecular flexibility index (Phi) is 1.97. The summed E-state index contributed by atoms with van der Waals surface area (Å²) in [6.07, 6.45) is 2.99. The van der Waals surface area contributed by atoms with Crippen molar-refractivity contribution in [3.05, 3.63) is 0 Å². The van der Waals surface area contributed by atoms with Crippen molar-refractivity contribution in [1.82, 2.24) is 0 Å². The van der Waals surface area contributed by atoms with Crippen LogP contribution in [0.3, 0.4) is 0 Å². The number of hydrogen-bond donors (Lipinski definition) is 3. The summed E-state index contributed by atoms with van der Waals surface area (Å²) in [6, 6.07) is 0. The molecule has 1 heterocycles. The molecule has 0 bridgehead atoms. The molecule has 1 saturated heterocycles. The minimum atomic E-state index is -1.18. The SMILES string of the molecule is OC1COC2C3(CCCCC3)[C@]2(O)C1O. The number of ether oxygens (including phenoxy) is 1. The van der Waals surface area contributed by atoms with Gasteiger partial charge in [-0.25, -0.2) is 0 Å². The highest BCUT2D eigenvalue weighted by atomic mass is 16.5. The van der Waals surface area contributed by atoms with Crippen LogP contribution in [0, 0.1) is 5.41 Å². The highest BCUT2D eigenvalue weighted by molar-refractivity contribution is 5.31. The van der Waals surface area contributed by atoms with Crippen LogP contribution in [-0.4, -0.2) is 45.8 Å². The van der Waals surface area contributed by atoms with E-state index in [0.29, 0.717) is 0 Å². The van der Waals surface area contributed by atoms with Crippen molar-refractivity contribution < 1.29 is 20.1 Å². The van der Waals surface area contributed by atoms with Gasteiger partial charge in [0, 0.05) is 5.41 Å². The van der Waals surface area contributed by atoms with Crippen LogP contribution in [0.2, 0.25) is 0 Å². The topological polar surface area (TPSA) is 69.9 Å². The molecule has 3 fully saturated rings. The molecule has 86 valence electrons. The van der Waals surface area contributed by atoms with Crippen LogP contribution in [0.5, 0.6) is 0 Å². The molecule has 0 amide bonds. The lowest BCUT2D eigenvalue weighted by molar-refractivity contribution is -0.157. The fourth-order valence-electron chi connectivity index (χ4n) is 3.72. The quantitative estimate of drug-likeness (QED) is 0.522. The zero-order chi connectivity index (χ0) is 10.7. The summed E-state index contributed by atoms with van der Waals surface area (Å²) in [5.41, 5.74) is -1.44. The monoisotopic (exact) mass is 214 g/mol. The lowest BCUT2D eigenvalue weighted by Gasteiger charge is -2.30. The van der Waals surface area contributed by atoms with Gasteiger partial charge in [0.05, 0.1) is 12.7 Å². The molecule has 2 aliphatic carbocycles. The van der Waals surface area contributed by atoms with Crippen LogP contribution in [0.4, 0.5) is 0 Å². The Morgan fingerprint density at radius 3 is 2.40 bits per heavy atom. The van der Waals surface area contributed by atoms with Gasteiger partial charge in [0.2, 0.25) is 0 Å². The summed E-state index contributed by atoms with van der Waals surface area (Å²) in [6.45, 7) is 0.149.